The zero-order valence-electron chi connectivity index (χ0n) is 19.4. The number of ether oxygens (including phenoxy) is 1. The Morgan fingerprint density at radius 3 is 2.36 bits per heavy atom. The maximum atomic E-state index is 12.6. The summed E-state index contributed by atoms with van der Waals surface area (Å²) in [4.78, 5) is 23.4. The number of anilines is 1. The van der Waals surface area contributed by atoms with Crippen molar-refractivity contribution in [1.29, 1.82) is 0 Å². The molecule has 15 heteroatoms. The number of halogens is 5. The highest BCUT2D eigenvalue weighted by Crippen LogP contribution is 2.32. The zero-order chi connectivity index (χ0) is 28.2. The van der Waals surface area contributed by atoms with Crippen LogP contribution >= 0.6 is 35.0 Å². The summed E-state index contributed by atoms with van der Waals surface area (Å²) in [5, 5.41) is 23.1. The Morgan fingerprint density at radius 2 is 1.72 bits per heavy atom. The van der Waals surface area contributed by atoms with E-state index in [9.17, 15) is 22.8 Å². The van der Waals surface area contributed by atoms with Gasteiger partial charge in [-0.1, -0.05) is 65.3 Å². The number of carboxylic acids is 1. The molecule has 0 aliphatic carbocycles. The molecule has 1 heterocycles. The number of carboxylic acid groups (broad SMARTS) is 1. The first-order chi connectivity index (χ1) is 18.5. The Bertz CT molecular complexity index is 1520. The Hall–Kier alpha value is -3.81. The average molecular weight is 598 g/mol. The molecule has 0 atom stereocenters. The number of thioether (sulfide) groups is 1. The van der Waals surface area contributed by atoms with Crippen LogP contribution in [0.1, 0.15) is 5.56 Å². The highest BCUT2D eigenvalue weighted by atomic mass is 35.5. The molecule has 1 amide bonds. The van der Waals surface area contributed by atoms with Crippen molar-refractivity contribution in [2.24, 2.45) is 0 Å². The van der Waals surface area contributed by atoms with Crippen LogP contribution in [0.2, 0.25) is 10.0 Å². The molecule has 0 fully saturated rings. The molecule has 1 aromatic heterocycles. The third kappa shape index (κ3) is 7.62. The first-order valence-corrected chi connectivity index (χ1v) is 12.6. The van der Waals surface area contributed by atoms with E-state index in [-0.39, 0.29) is 28.0 Å². The van der Waals surface area contributed by atoms with Gasteiger partial charge in [-0.25, -0.2) is 0 Å². The van der Waals surface area contributed by atoms with E-state index in [0.717, 1.165) is 35.0 Å². The topological polar surface area (TPSA) is 119 Å². The first-order valence-electron chi connectivity index (χ1n) is 10.9. The summed E-state index contributed by atoms with van der Waals surface area (Å²) in [6, 6.07) is 15.4. The van der Waals surface area contributed by atoms with Crippen molar-refractivity contribution >= 4 is 52.5 Å². The Labute approximate surface area is 232 Å². The van der Waals surface area contributed by atoms with Gasteiger partial charge in [-0.2, -0.15) is 4.68 Å². The fourth-order valence-electron chi connectivity index (χ4n) is 3.38. The fraction of sp³-hybridized carbons (Fsp3) is 0.125. The summed E-state index contributed by atoms with van der Waals surface area (Å²) < 4.78 is 42.4. The number of amides is 1. The van der Waals surface area contributed by atoms with Crippen LogP contribution in [0.25, 0.3) is 16.8 Å². The van der Waals surface area contributed by atoms with Gasteiger partial charge in [0.2, 0.25) is 11.1 Å². The van der Waals surface area contributed by atoms with Gasteiger partial charge in [-0.05, 0) is 51.4 Å². The number of nitrogens with one attached hydrogen (secondary N) is 1. The van der Waals surface area contributed by atoms with Crippen LogP contribution in [-0.4, -0.2) is 49.3 Å². The molecule has 0 aliphatic rings. The number of aromatic nitrogens is 4. The molecule has 0 aliphatic heterocycles. The number of hydrogen-bond donors (Lipinski definition) is 2. The van der Waals surface area contributed by atoms with E-state index in [1.165, 1.54) is 10.7 Å². The predicted octanol–water partition coefficient (Wildman–Crippen LogP) is 5.89. The van der Waals surface area contributed by atoms with Crippen molar-refractivity contribution in [2.75, 3.05) is 11.1 Å². The monoisotopic (exact) mass is 597 g/mol. The van der Waals surface area contributed by atoms with Crippen molar-refractivity contribution in [3.63, 3.8) is 0 Å². The highest BCUT2D eigenvalue weighted by molar-refractivity contribution is 7.99. The lowest BCUT2D eigenvalue weighted by Crippen LogP contribution is -2.17. The van der Waals surface area contributed by atoms with E-state index in [2.05, 4.69) is 25.6 Å². The van der Waals surface area contributed by atoms with E-state index in [0.29, 0.717) is 16.3 Å². The lowest BCUT2D eigenvalue weighted by molar-refractivity contribution is -0.274. The number of hydrogen-bond acceptors (Lipinski definition) is 7. The molecule has 4 aromatic rings. The van der Waals surface area contributed by atoms with Crippen molar-refractivity contribution in [3.05, 3.63) is 76.3 Å². The quantitative estimate of drug-likeness (QED) is 0.229. The molecule has 0 saturated heterocycles. The molecule has 4 rings (SSSR count). The van der Waals surface area contributed by atoms with E-state index >= 15 is 0 Å². The molecule has 3 aromatic carbocycles. The summed E-state index contributed by atoms with van der Waals surface area (Å²) in [7, 11) is 0. The smallest absolute Gasteiger partial charge is 0.481 e. The number of rotatable bonds is 9. The van der Waals surface area contributed by atoms with Gasteiger partial charge in [0.15, 0.2) is 0 Å². The third-order valence-corrected chi connectivity index (χ3v) is 6.57. The zero-order valence-corrected chi connectivity index (χ0v) is 21.8. The van der Waals surface area contributed by atoms with Gasteiger partial charge in [0.05, 0.1) is 33.6 Å². The summed E-state index contributed by atoms with van der Waals surface area (Å²) in [5.74, 6) is -1.95. The largest absolute Gasteiger partial charge is 0.573 e. The van der Waals surface area contributed by atoms with Crippen LogP contribution in [0.15, 0.2) is 65.8 Å². The molecule has 0 bridgehead atoms. The normalized spacial score (nSPS) is 11.3. The number of aliphatic carboxylic acids is 1. The Balaban J connectivity index is 1.39. The van der Waals surface area contributed by atoms with Crippen LogP contribution in [-0.2, 0) is 16.0 Å². The minimum Gasteiger partial charge on any atom is -0.481 e. The summed E-state index contributed by atoms with van der Waals surface area (Å²) in [5.41, 5.74) is 2.82. The summed E-state index contributed by atoms with van der Waals surface area (Å²) in [6.45, 7) is 0. The van der Waals surface area contributed by atoms with Gasteiger partial charge in [0, 0.05) is 6.07 Å². The molecule has 0 radical (unpaired) electrons. The minimum absolute atomic E-state index is 0.0768. The van der Waals surface area contributed by atoms with Gasteiger partial charge < -0.3 is 15.2 Å². The summed E-state index contributed by atoms with van der Waals surface area (Å²) >= 11 is 13.4. The van der Waals surface area contributed by atoms with Crippen LogP contribution in [0.4, 0.5) is 18.9 Å². The number of benzene rings is 3. The van der Waals surface area contributed by atoms with Gasteiger partial charge in [0.1, 0.15) is 5.75 Å². The molecular weight excluding hydrogens is 582 g/mol. The second-order valence-corrected chi connectivity index (χ2v) is 9.59. The van der Waals surface area contributed by atoms with Crippen LogP contribution in [0, 0.1) is 0 Å². The number of tetrazole rings is 1. The van der Waals surface area contributed by atoms with Crippen LogP contribution < -0.4 is 10.1 Å². The lowest BCUT2D eigenvalue weighted by atomic mass is 10.0. The minimum atomic E-state index is -4.87. The van der Waals surface area contributed by atoms with Crippen molar-refractivity contribution in [3.8, 4) is 22.6 Å². The van der Waals surface area contributed by atoms with E-state index in [1.54, 1.807) is 42.5 Å². The molecule has 0 saturated carbocycles. The van der Waals surface area contributed by atoms with Crippen molar-refractivity contribution < 1.29 is 32.6 Å². The van der Waals surface area contributed by atoms with Crippen LogP contribution in [0.5, 0.6) is 5.75 Å². The Morgan fingerprint density at radius 1 is 1.00 bits per heavy atom. The fourth-order valence-corrected chi connectivity index (χ4v) is 4.54. The maximum absolute atomic E-state index is 12.6. The highest BCUT2D eigenvalue weighted by Gasteiger charge is 2.31. The number of carbonyl (C=O) groups is 2. The van der Waals surface area contributed by atoms with E-state index < -0.39 is 24.0 Å². The molecular formula is C24H16Cl2F3N5O4S. The summed E-state index contributed by atoms with van der Waals surface area (Å²) in [6.07, 6.45) is -4.95. The average Bonchev–Trinajstić information content (AvgIpc) is 3.31. The molecule has 0 unspecified atom stereocenters. The van der Waals surface area contributed by atoms with Gasteiger partial charge in [0.25, 0.3) is 0 Å². The van der Waals surface area contributed by atoms with Gasteiger partial charge in [-0.3, -0.25) is 9.59 Å². The standard InChI is InChI=1S/C24H16Cl2F3N5O4S/c25-17-10-15(14-3-1-13(2-4-14)9-22(36)37)5-7-19(17)30-21(35)12-39-23-31-32-33-34(23)20-8-6-16(11-18(20)26)38-24(27,28)29/h1-8,10-11H,9,12H2,(H,30,35)(H,36,37). The maximum Gasteiger partial charge on any atom is 0.573 e. The first kappa shape index (κ1) is 28.2. The molecule has 2 N–H and O–H groups in total. The van der Waals surface area contributed by atoms with Crippen LogP contribution in [0.3, 0.4) is 0 Å². The van der Waals surface area contributed by atoms with Gasteiger partial charge >= 0.3 is 12.3 Å². The number of nitrogens with zero attached hydrogens (tertiary/aromatic N) is 4. The second kappa shape index (κ2) is 11.9. The Kier molecular flexibility index (Phi) is 8.63. The molecule has 0 spiro atoms. The number of carbonyl (C=O) groups excluding carboxylic acids is 1. The molecule has 39 heavy (non-hydrogen) atoms. The SMILES string of the molecule is O=C(O)Cc1ccc(-c2ccc(NC(=O)CSc3nnnn3-c3ccc(OC(F)(F)F)cc3Cl)c(Cl)c2)cc1. The predicted molar refractivity (Wildman–Crippen MR) is 138 cm³/mol. The van der Waals surface area contributed by atoms with Crippen molar-refractivity contribution in [1.82, 2.24) is 20.2 Å². The molecule has 9 nitrogen and oxygen atoms in total. The molecule has 202 valence electrons. The third-order valence-electron chi connectivity index (χ3n) is 5.04. The van der Waals surface area contributed by atoms with Gasteiger partial charge in [-0.15, -0.1) is 18.3 Å². The van der Waals surface area contributed by atoms with Crippen molar-refractivity contribution in [2.45, 2.75) is 17.9 Å². The van der Waals surface area contributed by atoms with E-state index in [1.807, 2.05) is 0 Å². The number of alkyl halides is 3. The second-order valence-electron chi connectivity index (χ2n) is 7.83. The van der Waals surface area contributed by atoms with E-state index in [4.69, 9.17) is 28.3 Å². The lowest BCUT2D eigenvalue weighted by Gasteiger charge is -2.11.